The molecule has 0 spiro atoms. The number of ether oxygens (including phenoxy) is 2. The van der Waals surface area contributed by atoms with Crippen LogP contribution in [0.3, 0.4) is 0 Å². The molecule has 2 aliphatic rings. The molecular weight excluding hydrogens is 345 g/mol. The summed E-state index contributed by atoms with van der Waals surface area (Å²) in [4.78, 5) is 4.38. The van der Waals surface area contributed by atoms with Gasteiger partial charge in [0.25, 0.3) is 0 Å². The summed E-state index contributed by atoms with van der Waals surface area (Å²) in [6.45, 7) is 4.20. The van der Waals surface area contributed by atoms with Crippen molar-refractivity contribution >= 4 is 29.9 Å². The Labute approximate surface area is 126 Å². The van der Waals surface area contributed by atoms with Crippen LogP contribution in [0.2, 0.25) is 0 Å². The summed E-state index contributed by atoms with van der Waals surface area (Å²) in [7, 11) is 0. The molecule has 0 aliphatic carbocycles. The van der Waals surface area contributed by atoms with E-state index in [4.69, 9.17) is 15.2 Å². The van der Waals surface area contributed by atoms with Crippen LogP contribution in [0.5, 0.6) is 0 Å². The number of nitrogens with zero attached hydrogens (tertiary/aromatic N) is 1. The van der Waals surface area contributed by atoms with Crippen LogP contribution < -0.4 is 11.1 Å². The first-order valence-electron chi connectivity index (χ1n) is 6.58. The minimum absolute atomic E-state index is 0. The minimum atomic E-state index is 0. The fourth-order valence-electron chi connectivity index (χ4n) is 2.24. The highest BCUT2D eigenvalue weighted by Gasteiger charge is 2.15. The zero-order valence-corrected chi connectivity index (χ0v) is 13.1. The van der Waals surface area contributed by atoms with E-state index in [0.717, 1.165) is 58.6 Å². The highest BCUT2D eigenvalue weighted by Crippen LogP contribution is 2.14. The Morgan fingerprint density at radius 1 is 1.22 bits per heavy atom. The lowest BCUT2D eigenvalue weighted by Gasteiger charge is -2.20. The number of hydrogen-bond donors (Lipinski definition) is 2. The molecule has 1 atom stereocenters. The fourth-order valence-corrected chi connectivity index (χ4v) is 2.24. The highest BCUT2D eigenvalue weighted by molar-refractivity contribution is 14.0. The summed E-state index contributed by atoms with van der Waals surface area (Å²) in [6, 6.07) is 0. The maximum atomic E-state index is 5.82. The number of nitrogens with two attached hydrogens (primary N) is 1. The van der Waals surface area contributed by atoms with Gasteiger partial charge in [-0.25, -0.2) is 0 Å². The summed E-state index contributed by atoms with van der Waals surface area (Å²) >= 11 is 0. The molecule has 6 heteroatoms. The SMILES string of the molecule is I.NC(=NCC1CCOCC1)NCC1CCCO1. The molecule has 18 heavy (non-hydrogen) atoms. The molecule has 0 radical (unpaired) electrons. The Bertz CT molecular complexity index is 252. The standard InChI is InChI=1S/C12H23N3O2.HI/c13-12(15-9-11-2-1-5-17-11)14-8-10-3-6-16-7-4-10;/h10-11H,1-9H2,(H3,13,14,15);1H. The van der Waals surface area contributed by atoms with E-state index in [-0.39, 0.29) is 24.0 Å². The van der Waals surface area contributed by atoms with Crippen LogP contribution in [0.1, 0.15) is 25.7 Å². The first-order valence-corrected chi connectivity index (χ1v) is 6.58. The van der Waals surface area contributed by atoms with Crippen LogP contribution in [-0.2, 0) is 9.47 Å². The molecule has 2 saturated heterocycles. The van der Waals surface area contributed by atoms with Crippen molar-refractivity contribution in [2.75, 3.05) is 32.9 Å². The second kappa shape index (κ2) is 8.92. The van der Waals surface area contributed by atoms with Crippen molar-refractivity contribution in [3.63, 3.8) is 0 Å². The molecular formula is C12H24IN3O2. The summed E-state index contributed by atoms with van der Waals surface area (Å²) < 4.78 is 10.8. The van der Waals surface area contributed by atoms with Crippen molar-refractivity contribution in [2.45, 2.75) is 31.8 Å². The van der Waals surface area contributed by atoms with Crippen molar-refractivity contribution < 1.29 is 9.47 Å². The average molecular weight is 369 g/mol. The Morgan fingerprint density at radius 3 is 2.67 bits per heavy atom. The van der Waals surface area contributed by atoms with Crippen LogP contribution in [0, 0.1) is 5.92 Å². The van der Waals surface area contributed by atoms with Gasteiger partial charge in [0, 0.05) is 32.9 Å². The molecule has 0 amide bonds. The molecule has 0 aromatic heterocycles. The highest BCUT2D eigenvalue weighted by atomic mass is 127. The first kappa shape index (κ1) is 16.0. The predicted octanol–water partition coefficient (Wildman–Crippen LogP) is 1.11. The quantitative estimate of drug-likeness (QED) is 0.443. The molecule has 5 nitrogen and oxygen atoms in total. The maximum Gasteiger partial charge on any atom is 0.188 e. The molecule has 2 fully saturated rings. The summed E-state index contributed by atoms with van der Waals surface area (Å²) in [5, 5.41) is 3.14. The third-order valence-electron chi connectivity index (χ3n) is 3.40. The lowest BCUT2D eigenvalue weighted by atomic mass is 10.0. The van der Waals surface area contributed by atoms with E-state index in [1.807, 2.05) is 0 Å². The van der Waals surface area contributed by atoms with E-state index in [1.54, 1.807) is 0 Å². The molecule has 0 aromatic rings. The molecule has 2 rings (SSSR count). The lowest BCUT2D eigenvalue weighted by Crippen LogP contribution is -2.37. The second-order valence-corrected chi connectivity index (χ2v) is 4.80. The Morgan fingerprint density at radius 2 is 2.00 bits per heavy atom. The third kappa shape index (κ3) is 5.71. The van der Waals surface area contributed by atoms with Gasteiger partial charge >= 0.3 is 0 Å². The van der Waals surface area contributed by atoms with Crippen molar-refractivity contribution in [2.24, 2.45) is 16.6 Å². The van der Waals surface area contributed by atoms with E-state index in [0.29, 0.717) is 18.0 Å². The Balaban J connectivity index is 0.00000162. The second-order valence-electron chi connectivity index (χ2n) is 4.80. The summed E-state index contributed by atoms with van der Waals surface area (Å²) in [5.41, 5.74) is 5.82. The van der Waals surface area contributed by atoms with Crippen molar-refractivity contribution in [1.82, 2.24) is 5.32 Å². The molecule has 2 aliphatic heterocycles. The normalized spacial score (nSPS) is 25.8. The molecule has 0 saturated carbocycles. The van der Waals surface area contributed by atoms with Gasteiger partial charge in [0.1, 0.15) is 0 Å². The Kier molecular flexibility index (Phi) is 7.92. The van der Waals surface area contributed by atoms with Gasteiger partial charge in [-0.3, -0.25) is 4.99 Å². The van der Waals surface area contributed by atoms with Gasteiger partial charge in [-0.1, -0.05) is 0 Å². The van der Waals surface area contributed by atoms with Gasteiger partial charge in [-0.05, 0) is 31.6 Å². The fraction of sp³-hybridized carbons (Fsp3) is 0.917. The van der Waals surface area contributed by atoms with Crippen LogP contribution >= 0.6 is 24.0 Å². The molecule has 3 N–H and O–H groups in total. The van der Waals surface area contributed by atoms with Crippen molar-refractivity contribution in [3.05, 3.63) is 0 Å². The lowest BCUT2D eigenvalue weighted by molar-refractivity contribution is 0.0689. The first-order chi connectivity index (χ1) is 8.34. The van der Waals surface area contributed by atoms with E-state index >= 15 is 0 Å². The largest absolute Gasteiger partial charge is 0.381 e. The van der Waals surface area contributed by atoms with Gasteiger partial charge in [0.15, 0.2) is 5.96 Å². The molecule has 0 aromatic carbocycles. The average Bonchev–Trinajstić information content (AvgIpc) is 2.88. The molecule has 2 heterocycles. The number of guanidine groups is 1. The predicted molar refractivity (Wildman–Crippen MR) is 82.4 cm³/mol. The van der Waals surface area contributed by atoms with Gasteiger partial charge in [0.2, 0.25) is 0 Å². The number of aliphatic imine (C=N–C) groups is 1. The molecule has 106 valence electrons. The van der Waals surface area contributed by atoms with Crippen LogP contribution in [0.4, 0.5) is 0 Å². The van der Waals surface area contributed by atoms with E-state index in [9.17, 15) is 0 Å². The number of rotatable bonds is 4. The molecule has 1 unspecified atom stereocenters. The monoisotopic (exact) mass is 369 g/mol. The van der Waals surface area contributed by atoms with E-state index in [1.165, 1.54) is 0 Å². The summed E-state index contributed by atoms with van der Waals surface area (Å²) in [5.74, 6) is 1.18. The van der Waals surface area contributed by atoms with Gasteiger partial charge < -0.3 is 20.5 Å². The smallest absolute Gasteiger partial charge is 0.188 e. The third-order valence-corrected chi connectivity index (χ3v) is 3.40. The summed E-state index contributed by atoms with van der Waals surface area (Å²) in [6.07, 6.45) is 4.79. The van der Waals surface area contributed by atoms with Gasteiger partial charge in [-0.15, -0.1) is 24.0 Å². The number of halogens is 1. The van der Waals surface area contributed by atoms with Gasteiger partial charge in [0.05, 0.1) is 6.10 Å². The zero-order chi connectivity index (χ0) is 11.9. The number of hydrogen-bond acceptors (Lipinski definition) is 3. The van der Waals surface area contributed by atoms with Crippen LogP contribution in [-0.4, -0.2) is 45.0 Å². The minimum Gasteiger partial charge on any atom is -0.381 e. The maximum absolute atomic E-state index is 5.82. The van der Waals surface area contributed by atoms with E-state index in [2.05, 4.69) is 10.3 Å². The van der Waals surface area contributed by atoms with Gasteiger partial charge in [-0.2, -0.15) is 0 Å². The van der Waals surface area contributed by atoms with Crippen molar-refractivity contribution in [3.8, 4) is 0 Å². The zero-order valence-electron chi connectivity index (χ0n) is 10.8. The van der Waals surface area contributed by atoms with E-state index < -0.39 is 0 Å². The topological polar surface area (TPSA) is 68.9 Å². The number of nitrogens with one attached hydrogen (secondary N) is 1. The Hall–Kier alpha value is -0.0800. The molecule has 0 bridgehead atoms. The van der Waals surface area contributed by atoms with Crippen molar-refractivity contribution in [1.29, 1.82) is 0 Å². The van der Waals surface area contributed by atoms with Crippen LogP contribution in [0.15, 0.2) is 4.99 Å². The van der Waals surface area contributed by atoms with Crippen LogP contribution in [0.25, 0.3) is 0 Å².